The summed E-state index contributed by atoms with van der Waals surface area (Å²) in [7, 11) is 0. The minimum absolute atomic E-state index is 0.116. The number of urea groups is 1. The van der Waals surface area contributed by atoms with Crippen LogP contribution in [0.1, 0.15) is 30.2 Å². The van der Waals surface area contributed by atoms with Gasteiger partial charge in [-0.3, -0.25) is 0 Å². The Morgan fingerprint density at radius 3 is 2.52 bits per heavy atom. The molecule has 1 atom stereocenters. The van der Waals surface area contributed by atoms with E-state index in [4.69, 9.17) is 4.42 Å². The number of nitrogens with zero attached hydrogens (tertiary/aromatic N) is 2. The molecule has 1 aromatic rings. The molecule has 1 unspecified atom stereocenters. The van der Waals surface area contributed by atoms with Crippen LogP contribution in [-0.2, 0) is 6.54 Å². The van der Waals surface area contributed by atoms with Crippen molar-refractivity contribution in [2.24, 2.45) is 5.92 Å². The van der Waals surface area contributed by atoms with Gasteiger partial charge in [-0.05, 0) is 32.6 Å². The van der Waals surface area contributed by atoms with Gasteiger partial charge in [0.2, 0.25) is 5.89 Å². The number of hydrogen-bond acceptors (Lipinski definition) is 4. The van der Waals surface area contributed by atoms with E-state index >= 15 is 0 Å². The monoisotopic (exact) mass is 335 g/mol. The largest absolute Gasteiger partial charge is 0.444 e. The van der Waals surface area contributed by atoms with E-state index in [9.17, 15) is 23.1 Å². The molecule has 23 heavy (non-hydrogen) atoms. The van der Waals surface area contributed by atoms with Crippen LogP contribution in [0.25, 0.3) is 0 Å². The van der Waals surface area contributed by atoms with E-state index in [1.165, 1.54) is 4.90 Å². The number of aliphatic hydroxyl groups excluding tert-OH is 1. The van der Waals surface area contributed by atoms with Crippen molar-refractivity contribution >= 4 is 6.03 Å². The molecule has 1 saturated heterocycles. The van der Waals surface area contributed by atoms with Crippen molar-refractivity contribution in [1.82, 2.24) is 15.2 Å². The maximum atomic E-state index is 12.5. The van der Waals surface area contributed by atoms with Gasteiger partial charge in [-0.2, -0.15) is 13.2 Å². The molecule has 130 valence electrons. The van der Waals surface area contributed by atoms with Gasteiger partial charge >= 0.3 is 12.2 Å². The van der Waals surface area contributed by atoms with Crippen LogP contribution in [-0.4, -0.2) is 46.4 Å². The highest BCUT2D eigenvalue weighted by Gasteiger charge is 2.44. The van der Waals surface area contributed by atoms with E-state index in [-0.39, 0.29) is 38.5 Å². The Morgan fingerprint density at radius 1 is 1.43 bits per heavy atom. The number of hydrogen-bond donors (Lipinski definition) is 2. The molecule has 2 heterocycles. The second kappa shape index (κ2) is 6.77. The van der Waals surface area contributed by atoms with E-state index in [2.05, 4.69) is 10.3 Å². The van der Waals surface area contributed by atoms with Crippen molar-refractivity contribution in [3.8, 4) is 0 Å². The highest BCUT2D eigenvalue weighted by Crippen LogP contribution is 2.31. The summed E-state index contributed by atoms with van der Waals surface area (Å²) in [6.07, 6.45) is -6.71. The number of likely N-dealkylation sites (tertiary alicyclic amines) is 1. The third-order valence-electron chi connectivity index (χ3n) is 4.07. The topological polar surface area (TPSA) is 78.6 Å². The number of carbonyl (C=O) groups excluding carboxylic acids is 1. The quantitative estimate of drug-likeness (QED) is 0.887. The average molecular weight is 335 g/mol. The molecule has 0 radical (unpaired) electrons. The van der Waals surface area contributed by atoms with Gasteiger partial charge < -0.3 is 19.7 Å². The van der Waals surface area contributed by atoms with Gasteiger partial charge in [0.05, 0.1) is 12.2 Å². The summed E-state index contributed by atoms with van der Waals surface area (Å²) < 4.78 is 42.8. The SMILES string of the molecule is Cc1nc(CNC(=O)N2CCC(C(O)C(F)(F)F)CC2)oc1C. The molecule has 2 amide bonds. The number of piperidine rings is 1. The van der Waals surface area contributed by atoms with Crippen molar-refractivity contribution < 1.29 is 27.5 Å². The van der Waals surface area contributed by atoms with Gasteiger partial charge in [-0.25, -0.2) is 9.78 Å². The molecule has 0 saturated carbocycles. The van der Waals surface area contributed by atoms with Crippen molar-refractivity contribution in [1.29, 1.82) is 0 Å². The van der Waals surface area contributed by atoms with E-state index in [1.807, 2.05) is 0 Å². The van der Waals surface area contributed by atoms with Crippen molar-refractivity contribution in [3.05, 3.63) is 17.3 Å². The summed E-state index contributed by atoms with van der Waals surface area (Å²) in [6, 6.07) is -0.376. The van der Waals surface area contributed by atoms with E-state index in [1.54, 1.807) is 13.8 Å². The molecule has 0 bridgehead atoms. The maximum absolute atomic E-state index is 12.5. The maximum Gasteiger partial charge on any atom is 0.414 e. The summed E-state index contributed by atoms with van der Waals surface area (Å²) in [5.41, 5.74) is 0.746. The predicted octanol–water partition coefficient (Wildman–Crippen LogP) is 2.14. The van der Waals surface area contributed by atoms with Crippen molar-refractivity contribution in [2.45, 2.75) is 45.5 Å². The molecular formula is C14H20F3N3O3. The highest BCUT2D eigenvalue weighted by molar-refractivity contribution is 5.74. The Balaban J connectivity index is 1.79. The zero-order valence-electron chi connectivity index (χ0n) is 13.0. The molecule has 0 aliphatic carbocycles. The summed E-state index contributed by atoms with van der Waals surface area (Å²) in [4.78, 5) is 17.6. The first kappa shape index (κ1) is 17.6. The summed E-state index contributed by atoms with van der Waals surface area (Å²) in [5.74, 6) is 0.197. The molecule has 1 aliphatic rings. The Kier molecular flexibility index (Phi) is 5.18. The molecule has 2 N–H and O–H groups in total. The van der Waals surface area contributed by atoms with E-state index in [0.29, 0.717) is 11.7 Å². The number of rotatable bonds is 3. The molecule has 2 rings (SSSR count). The number of alkyl halides is 3. The molecule has 9 heteroatoms. The normalized spacial score (nSPS) is 18.1. The number of carbonyl (C=O) groups is 1. The average Bonchev–Trinajstić information content (AvgIpc) is 2.82. The number of aryl methyl sites for hydroxylation is 2. The molecule has 0 aromatic carbocycles. The predicted molar refractivity (Wildman–Crippen MR) is 74.6 cm³/mol. The molecule has 1 aromatic heterocycles. The second-order valence-electron chi connectivity index (χ2n) is 5.72. The van der Waals surface area contributed by atoms with Gasteiger partial charge in [-0.1, -0.05) is 0 Å². The zero-order chi connectivity index (χ0) is 17.2. The summed E-state index contributed by atoms with van der Waals surface area (Å²) in [6.45, 7) is 4.03. The first-order valence-electron chi connectivity index (χ1n) is 7.39. The van der Waals surface area contributed by atoms with Gasteiger partial charge in [0.1, 0.15) is 5.76 Å². The van der Waals surface area contributed by atoms with Gasteiger partial charge in [0.15, 0.2) is 6.10 Å². The minimum atomic E-state index is -4.62. The number of halogens is 3. The zero-order valence-corrected chi connectivity index (χ0v) is 13.0. The number of aromatic nitrogens is 1. The Morgan fingerprint density at radius 2 is 2.04 bits per heavy atom. The Hall–Kier alpha value is -1.77. The molecule has 0 spiro atoms. The first-order valence-corrected chi connectivity index (χ1v) is 7.39. The number of nitrogens with one attached hydrogen (secondary N) is 1. The van der Waals surface area contributed by atoms with Crippen molar-refractivity contribution in [3.63, 3.8) is 0 Å². The minimum Gasteiger partial charge on any atom is -0.444 e. The van der Waals surface area contributed by atoms with Crippen LogP contribution in [0, 0.1) is 19.8 Å². The summed E-state index contributed by atoms with van der Waals surface area (Å²) in [5, 5.41) is 11.9. The Labute approximate surface area is 131 Å². The lowest BCUT2D eigenvalue weighted by Gasteiger charge is -2.34. The number of aliphatic hydroxyl groups is 1. The fourth-order valence-corrected chi connectivity index (χ4v) is 2.56. The third-order valence-corrected chi connectivity index (χ3v) is 4.07. The standard InChI is InChI=1S/C14H20F3N3O3/c1-8-9(2)23-11(19-8)7-18-13(22)20-5-3-10(4-6-20)12(21)14(15,16)17/h10,12,21H,3-7H2,1-2H3,(H,18,22). The smallest absolute Gasteiger partial charge is 0.414 e. The van der Waals surface area contributed by atoms with Gasteiger partial charge in [-0.15, -0.1) is 0 Å². The van der Waals surface area contributed by atoms with Crippen LogP contribution in [0.4, 0.5) is 18.0 Å². The van der Waals surface area contributed by atoms with Crippen LogP contribution in [0.15, 0.2) is 4.42 Å². The fourth-order valence-electron chi connectivity index (χ4n) is 2.56. The Bertz CT molecular complexity index is 532. The molecule has 1 fully saturated rings. The molecule has 1 aliphatic heterocycles. The van der Waals surface area contributed by atoms with E-state index < -0.39 is 18.2 Å². The lowest BCUT2D eigenvalue weighted by Crippen LogP contribution is -2.48. The fraction of sp³-hybridized carbons (Fsp3) is 0.714. The highest BCUT2D eigenvalue weighted by atomic mass is 19.4. The second-order valence-corrected chi connectivity index (χ2v) is 5.72. The molecule has 6 nitrogen and oxygen atoms in total. The lowest BCUT2D eigenvalue weighted by molar-refractivity contribution is -0.222. The number of amides is 2. The number of oxazole rings is 1. The third kappa shape index (κ3) is 4.37. The van der Waals surface area contributed by atoms with Gasteiger partial charge in [0, 0.05) is 13.1 Å². The van der Waals surface area contributed by atoms with Crippen LogP contribution < -0.4 is 5.32 Å². The van der Waals surface area contributed by atoms with E-state index in [0.717, 1.165) is 5.69 Å². The summed E-state index contributed by atoms with van der Waals surface area (Å²) >= 11 is 0. The van der Waals surface area contributed by atoms with Crippen LogP contribution in [0.2, 0.25) is 0 Å². The van der Waals surface area contributed by atoms with Crippen molar-refractivity contribution in [2.75, 3.05) is 13.1 Å². The first-order chi connectivity index (χ1) is 10.7. The van der Waals surface area contributed by atoms with Crippen LogP contribution in [0.5, 0.6) is 0 Å². The molecular weight excluding hydrogens is 315 g/mol. The lowest BCUT2D eigenvalue weighted by atomic mass is 9.91. The van der Waals surface area contributed by atoms with Crippen LogP contribution >= 0.6 is 0 Å². The van der Waals surface area contributed by atoms with Crippen LogP contribution in [0.3, 0.4) is 0 Å². The van der Waals surface area contributed by atoms with Gasteiger partial charge in [0.25, 0.3) is 0 Å².